The first-order chi connectivity index (χ1) is 17.1. The minimum Gasteiger partial charge on any atom is -0.478 e. The number of carbonyl (C=O) groups is 4. The molecule has 10 heteroatoms. The van der Waals surface area contributed by atoms with Gasteiger partial charge in [0.05, 0.1) is 18.2 Å². The molecule has 210 valence electrons. The lowest BCUT2D eigenvalue weighted by Crippen LogP contribution is -2.32. The van der Waals surface area contributed by atoms with Crippen LogP contribution in [0.4, 0.5) is 9.59 Å². The van der Waals surface area contributed by atoms with Gasteiger partial charge in [-0.1, -0.05) is 43.8 Å². The van der Waals surface area contributed by atoms with Crippen LogP contribution in [-0.4, -0.2) is 47.5 Å². The Labute approximate surface area is 224 Å². The molecule has 0 heterocycles. The summed E-state index contributed by atoms with van der Waals surface area (Å²) in [6, 6.07) is 13.4. The minimum absolute atomic E-state index is 0. The fourth-order valence-electron chi connectivity index (χ4n) is 2.83. The number of alkyl carbamates (subject to hydrolysis) is 2. The summed E-state index contributed by atoms with van der Waals surface area (Å²) < 4.78 is 14.9. The molecule has 0 atom stereocenters. The van der Waals surface area contributed by atoms with Gasteiger partial charge in [-0.15, -0.1) is 0 Å². The Bertz CT molecular complexity index is 1080. The van der Waals surface area contributed by atoms with Crippen LogP contribution < -0.4 is 10.6 Å². The smallest absolute Gasteiger partial charge is 0.407 e. The standard InChI is InChI=1S/C14H19NO4.C13H17NO4.CH4/c1-14(2,3)19-13(17)15-9-10-7-5-6-8-11(10)12(16)18-4;1-13(2,3)18-12(17)14-8-9-6-4-5-7-10(9)11(15)16;/h5-8H,9H2,1-4H3,(H,15,17);4-7H,8H2,1-3H3,(H,14,17)(H,15,16);1H4. The highest BCUT2D eigenvalue weighted by atomic mass is 16.6. The molecule has 2 aromatic rings. The van der Waals surface area contributed by atoms with E-state index in [4.69, 9.17) is 14.6 Å². The summed E-state index contributed by atoms with van der Waals surface area (Å²) in [4.78, 5) is 45.5. The molecule has 3 N–H and O–H groups in total. The minimum atomic E-state index is -1.02. The van der Waals surface area contributed by atoms with Crippen LogP contribution in [0.5, 0.6) is 0 Å². The second-order valence-corrected chi connectivity index (χ2v) is 9.82. The molecule has 10 nitrogen and oxygen atoms in total. The van der Waals surface area contributed by atoms with Crippen LogP contribution in [0.3, 0.4) is 0 Å². The third-order valence-corrected chi connectivity index (χ3v) is 4.31. The molecule has 0 aliphatic rings. The number of rotatable bonds is 6. The van der Waals surface area contributed by atoms with Crippen molar-refractivity contribution in [3.8, 4) is 0 Å². The number of ether oxygens (including phenoxy) is 3. The molecule has 0 aliphatic carbocycles. The molecule has 0 bridgehead atoms. The Kier molecular flexibility index (Phi) is 13.6. The van der Waals surface area contributed by atoms with E-state index in [9.17, 15) is 19.2 Å². The van der Waals surface area contributed by atoms with Crippen molar-refractivity contribution in [3.05, 3.63) is 70.8 Å². The van der Waals surface area contributed by atoms with E-state index in [1.165, 1.54) is 13.2 Å². The Balaban J connectivity index is 0.000000703. The summed E-state index contributed by atoms with van der Waals surface area (Å²) >= 11 is 0. The Morgan fingerprint density at radius 2 is 1.08 bits per heavy atom. The zero-order chi connectivity index (χ0) is 28.2. The lowest BCUT2D eigenvalue weighted by atomic mass is 10.1. The van der Waals surface area contributed by atoms with Crippen molar-refractivity contribution >= 4 is 24.1 Å². The largest absolute Gasteiger partial charge is 0.478 e. The van der Waals surface area contributed by atoms with Gasteiger partial charge in [0.25, 0.3) is 0 Å². The van der Waals surface area contributed by atoms with E-state index in [0.717, 1.165) is 0 Å². The van der Waals surface area contributed by atoms with E-state index in [0.29, 0.717) is 16.7 Å². The molecule has 2 rings (SSSR count). The monoisotopic (exact) mass is 532 g/mol. The van der Waals surface area contributed by atoms with Gasteiger partial charge in [0.1, 0.15) is 11.2 Å². The third kappa shape index (κ3) is 13.3. The normalized spacial score (nSPS) is 10.5. The van der Waals surface area contributed by atoms with Crippen molar-refractivity contribution < 1.29 is 38.5 Å². The number of hydrogen-bond acceptors (Lipinski definition) is 7. The molecule has 0 radical (unpaired) electrons. The molecular weight excluding hydrogens is 492 g/mol. The molecule has 2 aromatic carbocycles. The SMILES string of the molecule is C.CC(C)(C)OC(=O)NCc1ccccc1C(=O)O.COC(=O)c1ccccc1CNC(=O)OC(C)(C)C. The van der Waals surface area contributed by atoms with Crippen LogP contribution in [0.1, 0.15) is 80.8 Å². The van der Waals surface area contributed by atoms with E-state index in [-0.39, 0.29) is 26.1 Å². The second-order valence-electron chi connectivity index (χ2n) is 9.82. The third-order valence-electron chi connectivity index (χ3n) is 4.31. The van der Waals surface area contributed by atoms with Crippen molar-refractivity contribution in [2.75, 3.05) is 7.11 Å². The Hall–Kier alpha value is -4.08. The van der Waals surface area contributed by atoms with Crippen LogP contribution in [0.15, 0.2) is 48.5 Å². The molecule has 0 aromatic heterocycles. The first-order valence-corrected chi connectivity index (χ1v) is 11.5. The highest BCUT2D eigenvalue weighted by molar-refractivity contribution is 5.91. The number of esters is 1. The fourth-order valence-corrected chi connectivity index (χ4v) is 2.83. The van der Waals surface area contributed by atoms with Gasteiger partial charge in [0, 0.05) is 13.1 Å². The number of amides is 2. The molecule has 2 amide bonds. The van der Waals surface area contributed by atoms with E-state index >= 15 is 0 Å². The molecule has 0 saturated heterocycles. The Morgan fingerprint density at radius 1 is 0.711 bits per heavy atom. The average molecular weight is 533 g/mol. The predicted octanol–water partition coefficient (Wildman–Crippen LogP) is 5.54. The molecule has 0 aliphatic heterocycles. The van der Waals surface area contributed by atoms with Gasteiger partial charge >= 0.3 is 24.1 Å². The van der Waals surface area contributed by atoms with Crippen molar-refractivity contribution in [2.24, 2.45) is 0 Å². The average Bonchev–Trinajstić information content (AvgIpc) is 2.79. The van der Waals surface area contributed by atoms with Crippen LogP contribution >= 0.6 is 0 Å². The maximum Gasteiger partial charge on any atom is 0.407 e. The molecule has 0 saturated carbocycles. The summed E-state index contributed by atoms with van der Waals surface area (Å²) in [5.41, 5.74) is 0.702. The highest BCUT2D eigenvalue weighted by Crippen LogP contribution is 2.12. The summed E-state index contributed by atoms with van der Waals surface area (Å²) in [5, 5.41) is 14.1. The summed E-state index contributed by atoms with van der Waals surface area (Å²) in [7, 11) is 1.32. The van der Waals surface area contributed by atoms with E-state index < -0.39 is 35.3 Å². The molecule has 0 spiro atoms. The maximum atomic E-state index is 11.5. The lowest BCUT2D eigenvalue weighted by Gasteiger charge is -2.20. The van der Waals surface area contributed by atoms with Crippen LogP contribution in [0, 0.1) is 0 Å². The first kappa shape index (κ1) is 33.9. The fraction of sp³-hybridized carbons (Fsp3) is 0.429. The quantitative estimate of drug-likeness (QED) is 0.325. The number of benzene rings is 2. The zero-order valence-electron chi connectivity index (χ0n) is 22.3. The Morgan fingerprint density at radius 3 is 1.45 bits per heavy atom. The van der Waals surface area contributed by atoms with Crippen LogP contribution in [0.2, 0.25) is 0 Å². The maximum absolute atomic E-state index is 11.5. The van der Waals surface area contributed by atoms with Gasteiger partial charge in [-0.2, -0.15) is 0 Å². The van der Waals surface area contributed by atoms with Crippen molar-refractivity contribution in [3.63, 3.8) is 0 Å². The number of carbonyl (C=O) groups excluding carboxylic acids is 3. The van der Waals surface area contributed by atoms with Gasteiger partial charge in [0.15, 0.2) is 0 Å². The van der Waals surface area contributed by atoms with Crippen LogP contribution in [-0.2, 0) is 27.3 Å². The van der Waals surface area contributed by atoms with Gasteiger partial charge in [0.2, 0.25) is 0 Å². The lowest BCUT2D eigenvalue weighted by molar-refractivity contribution is 0.0511. The van der Waals surface area contributed by atoms with E-state index in [1.807, 2.05) is 0 Å². The molecular formula is C28H40N2O8. The number of carboxylic acid groups (broad SMARTS) is 1. The van der Waals surface area contributed by atoms with E-state index in [1.54, 1.807) is 84.0 Å². The second kappa shape index (κ2) is 15.2. The highest BCUT2D eigenvalue weighted by Gasteiger charge is 2.18. The predicted molar refractivity (Wildman–Crippen MR) is 144 cm³/mol. The number of carboxylic acids is 1. The summed E-state index contributed by atoms with van der Waals surface area (Å²) in [6.07, 6.45) is -1.09. The van der Waals surface area contributed by atoms with Crippen molar-refractivity contribution in [1.82, 2.24) is 10.6 Å². The summed E-state index contributed by atoms with van der Waals surface area (Å²) in [6.45, 7) is 11.0. The van der Waals surface area contributed by atoms with Crippen LogP contribution in [0.25, 0.3) is 0 Å². The van der Waals surface area contributed by atoms with Gasteiger partial charge in [-0.25, -0.2) is 19.2 Å². The van der Waals surface area contributed by atoms with Gasteiger partial charge in [-0.3, -0.25) is 0 Å². The molecule has 0 fully saturated rings. The number of hydrogen-bond donors (Lipinski definition) is 3. The molecule has 38 heavy (non-hydrogen) atoms. The first-order valence-electron chi connectivity index (χ1n) is 11.5. The number of nitrogens with one attached hydrogen (secondary N) is 2. The van der Waals surface area contributed by atoms with Crippen molar-refractivity contribution in [2.45, 2.75) is 73.3 Å². The number of methoxy groups -OCH3 is 1. The number of aromatic carboxylic acids is 1. The topological polar surface area (TPSA) is 140 Å². The van der Waals surface area contributed by atoms with E-state index in [2.05, 4.69) is 15.4 Å². The zero-order valence-corrected chi connectivity index (χ0v) is 22.3. The molecule has 0 unspecified atom stereocenters. The van der Waals surface area contributed by atoms with Crippen molar-refractivity contribution in [1.29, 1.82) is 0 Å². The summed E-state index contributed by atoms with van der Waals surface area (Å²) in [5.74, 6) is -1.45. The van der Waals surface area contributed by atoms with Gasteiger partial charge < -0.3 is 30.0 Å². The van der Waals surface area contributed by atoms with Gasteiger partial charge in [-0.05, 0) is 64.8 Å².